The molecule has 152 valence electrons. The Morgan fingerprint density at radius 1 is 1.21 bits per heavy atom. The van der Waals surface area contributed by atoms with Crippen molar-refractivity contribution in [3.05, 3.63) is 58.0 Å². The number of carbonyl (C=O) groups excluding carboxylic acids is 1. The molecule has 0 bridgehead atoms. The topological polar surface area (TPSA) is 82.4 Å². The summed E-state index contributed by atoms with van der Waals surface area (Å²) in [4.78, 5) is 33.7. The van der Waals surface area contributed by atoms with Crippen LogP contribution in [0.4, 0.5) is 4.39 Å². The molecule has 7 nitrogen and oxygen atoms in total. The lowest BCUT2D eigenvalue weighted by atomic mass is 10.2. The lowest BCUT2D eigenvalue weighted by Crippen LogP contribution is -2.29. The molecule has 1 N–H and O–H groups in total. The fourth-order valence-electron chi connectivity index (χ4n) is 2.35. The first-order valence-corrected chi connectivity index (χ1v) is 9.46. The number of hydrogen-bond acceptors (Lipinski definition) is 5. The second-order valence-electron chi connectivity index (χ2n) is 6.26. The van der Waals surface area contributed by atoms with Crippen molar-refractivity contribution in [3.8, 4) is 5.75 Å². The van der Waals surface area contributed by atoms with Crippen LogP contribution in [0.1, 0.15) is 55.6 Å². The third-order valence-electron chi connectivity index (χ3n) is 3.96. The number of pyridine rings is 2. The zero-order valence-corrected chi connectivity index (χ0v) is 16.2. The fourth-order valence-corrected chi connectivity index (χ4v) is 2.35. The van der Waals surface area contributed by atoms with Crippen LogP contribution < -0.4 is 20.3 Å². The molecule has 0 unspecified atom stereocenters. The molecule has 1 amide bonds. The number of rotatable bonds is 11. The van der Waals surface area contributed by atoms with Crippen molar-refractivity contribution in [1.82, 2.24) is 15.0 Å². The second-order valence-corrected chi connectivity index (χ2v) is 6.26. The molecule has 2 rings (SSSR count). The Balaban J connectivity index is 2.14. The number of nitrogens with zero attached hydrogens (tertiary/aromatic N) is 2. The molecule has 0 aliphatic rings. The summed E-state index contributed by atoms with van der Waals surface area (Å²) in [5.74, 6) is -1.01. The van der Waals surface area contributed by atoms with Crippen LogP contribution in [-0.4, -0.2) is 28.8 Å². The predicted molar refractivity (Wildman–Crippen MR) is 103 cm³/mol. The molecule has 0 saturated carbocycles. The van der Waals surface area contributed by atoms with Gasteiger partial charge in [0.05, 0.1) is 25.0 Å². The highest BCUT2D eigenvalue weighted by Crippen LogP contribution is 2.08. The minimum Gasteiger partial charge on any atom is -0.488 e. The van der Waals surface area contributed by atoms with E-state index in [1.54, 1.807) is 0 Å². The SMILES string of the molecule is CCCCOc1cn(OCCCC)c(CNC(=O)c2ccnc(F)c2)cc1=O. The Hall–Kier alpha value is -2.90. The Kier molecular flexibility index (Phi) is 8.45. The summed E-state index contributed by atoms with van der Waals surface area (Å²) in [7, 11) is 0. The first kappa shape index (κ1) is 21.4. The lowest BCUT2D eigenvalue weighted by Gasteiger charge is -2.16. The van der Waals surface area contributed by atoms with Gasteiger partial charge in [0, 0.05) is 23.9 Å². The second kappa shape index (κ2) is 11.1. The van der Waals surface area contributed by atoms with Gasteiger partial charge in [0.2, 0.25) is 11.4 Å². The molecule has 0 aliphatic heterocycles. The van der Waals surface area contributed by atoms with Crippen LogP contribution in [0.3, 0.4) is 0 Å². The number of unbranched alkanes of at least 4 members (excludes halogenated alkanes) is 2. The zero-order chi connectivity index (χ0) is 20.4. The van der Waals surface area contributed by atoms with Crippen LogP contribution in [0.15, 0.2) is 35.4 Å². The normalized spacial score (nSPS) is 10.5. The monoisotopic (exact) mass is 391 g/mol. The summed E-state index contributed by atoms with van der Waals surface area (Å²) in [6.45, 7) is 5.03. The van der Waals surface area contributed by atoms with E-state index in [-0.39, 0.29) is 23.3 Å². The number of carbonyl (C=O) groups is 1. The summed E-state index contributed by atoms with van der Waals surface area (Å²) < 4.78 is 20.2. The molecule has 0 aromatic carbocycles. The van der Waals surface area contributed by atoms with E-state index in [2.05, 4.69) is 10.3 Å². The average Bonchev–Trinajstić information content (AvgIpc) is 2.68. The van der Waals surface area contributed by atoms with E-state index in [1.807, 2.05) is 13.8 Å². The van der Waals surface area contributed by atoms with Gasteiger partial charge in [-0.2, -0.15) is 9.12 Å². The molecule has 0 spiro atoms. The van der Waals surface area contributed by atoms with Gasteiger partial charge in [-0.05, 0) is 18.9 Å². The molecule has 2 aromatic heterocycles. The largest absolute Gasteiger partial charge is 0.488 e. The number of ether oxygens (including phenoxy) is 1. The van der Waals surface area contributed by atoms with Gasteiger partial charge in [0.15, 0.2) is 5.75 Å². The van der Waals surface area contributed by atoms with Crippen molar-refractivity contribution in [1.29, 1.82) is 0 Å². The first-order chi connectivity index (χ1) is 13.5. The molecule has 8 heteroatoms. The summed E-state index contributed by atoms with van der Waals surface area (Å²) in [6, 6.07) is 3.83. The molecule has 0 saturated heterocycles. The minimum atomic E-state index is -0.735. The van der Waals surface area contributed by atoms with E-state index in [0.29, 0.717) is 18.9 Å². The van der Waals surface area contributed by atoms with E-state index < -0.39 is 11.9 Å². The van der Waals surface area contributed by atoms with E-state index >= 15 is 0 Å². The quantitative estimate of drug-likeness (QED) is 0.470. The standard InChI is InChI=1S/C20H26FN3O4/c1-3-5-9-27-18-14-24(28-10-6-4-2)16(12-17(18)25)13-23-20(26)15-7-8-22-19(21)11-15/h7-8,11-12,14H,3-6,9-10,13H2,1-2H3,(H,23,26). The van der Waals surface area contributed by atoms with Crippen molar-refractivity contribution in [2.45, 2.75) is 46.1 Å². The summed E-state index contributed by atoms with van der Waals surface area (Å²) in [5, 5.41) is 2.66. The fraction of sp³-hybridized carbons (Fsp3) is 0.450. The molecule has 28 heavy (non-hydrogen) atoms. The van der Waals surface area contributed by atoms with Crippen molar-refractivity contribution in [2.24, 2.45) is 0 Å². The smallest absolute Gasteiger partial charge is 0.251 e. The third kappa shape index (κ3) is 6.37. The molecule has 0 aliphatic carbocycles. The van der Waals surface area contributed by atoms with Gasteiger partial charge in [-0.1, -0.05) is 26.7 Å². The van der Waals surface area contributed by atoms with E-state index in [4.69, 9.17) is 9.57 Å². The number of nitrogens with one attached hydrogen (secondary N) is 1. The Bertz CT molecular complexity index is 838. The summed E-state index contributed by atoms with van der Waals surface area (Å²) >= 11 is 0. The van der Waals surface area contributed by atoms with Crippen molar-refractivity contribution < 1.29 is 18.8 Å². The summed E-state index contributed by atoms with van der Waals surface area (Å²) in [5.41, 5.74) is 0.324. The maximum atomic E-state index is 13.2. The van der Waals surface area contributed by atoms with Gasteiger partial charge in [-0.25, -0.2) is 4.98 Å². The number of amides is 1. The van der Waals surface area contributed by atoms with Gasteiger partial charge in [0.1, 0.15) is 6.61 Å². The number of hydrogen-bond donors (Lipinski definition) is 1. The maximum Gasteiger partial charge on any atom is 0.251 e. The van der Waals surface area contributed by atoms with Crippen molar-refractivity contribution >= 4 is 5.91 Å². The van der Waals surface area contributed by atoms with Crippen LogP contribution >= 0.6 is 0 Å². The lowest BCUT2D eigenvalue weighted by molar-refractivity contribution is 0.0898. The summed E-state index contributed by atoms with van der Waals surface area (Å²) in [6.07, 6.45) is 6.33. The van der Waals surface area contributed by atoms with Crippen LogP contribution in [0.2, 0.25) is 0 Å². The van der Waals surface area contributed by atoms with Gasteiger partial charge < -0.3 is 14.9 Å². The zero-order valence-electron chi connectivity index (χ0n) is 16.2. The van der Waals surface area contributed by atoms with Crippen molar-refractivity contribution in [3.63, 3.8) is 0 Å². The van der Waals surface area contributed by atoms with Gasteiger partial charge in [-0.3, -0.25) is 9.59 Å². The van der Waals surface area contributed by atoms with E-state index in [1.165, 1.54) is 29.3 Å². The highest BCUT2D eigenvalue weighted by atomic mass is 19.1. The van der Waals surface area contributed by atoms with E-state index in [0.717, 1.165) is 31.7 Å². The van der Waals surface area contributed by atoms with Crippen LogP contribution in [0.25, 0.3) is 0 Å². The molecule has 0 atom stereocenters. The Morgan fingerprint density at radius 2 is 1.96 bits per heavy atom. The van der Waals surface area contributed by atoms with E-state index in [9.17, 15) is 14.0 Å². The molecule has 2 heterocycles. The molecular formula is C20H26FN3O4. The molecule has 0 radical (unpaired) electrons. The van der Waals surface area contributed by atoms with Crippen LogP contribution in [-0.2, 0) is 6.54 Å². The number of aromatic nitrogens is 2. The molecule has 2 aromatic rings. The van der Waals surface area contributed by atoms with Gasteiger partial charge >= 0.3 is 0 Å². The highest BCUT2D eigenvalue weighted by molar-refractivity contribution is 5.93. The predicted octanol–water partition coefficient (Wildman–Crippen LogP) is 2.72. The highest BCUT2D eigenvalue weighted by Gasteiger charge is 2.12. The first-order valence-electron chi connectivity index (χ1n) is 9.46. The van der Waals surface area contributed by atoms with Crippen LogP contribution in [0.5, 0.6) is 5.75 Å². The minimum absolute atomic E-state index is 0.0411. The Labute approximate surface area is 163 Å². The van der Waals surface area contributed by atoms with Crippen LogP contribution in [0, 0.1) is 5.95 Å². The van der Waals surface area contributed by atoms with Gasteiger partial charge in [0.25, 0.3) is 5.91 Å². The average molecular weight is 391 g/mol. The number of halogens is 1. The Morgan fingerprint density at radius 3 is 2.68 bits per heavy atom. The maximum absolute atomic E-state index is 13.2. The molecular weight excluding hydrogens is 365 g/mol. The molecule has 0 fully saturated rings. The van der Waals surface area contributed by atoms with Crippen molar-refractivity contribution in [2.75, 3.05) is 13.2 Å². The third-order valence-corrected chi connectivity index (χ3v) is 3.96. The van der Waals surface area contributed by atoms with Gasteiger partial charge in [-0.15, -0.1) is 0 Å².